The molecule has 6 heteroatoms. The molecule has 0 bridgehead atoms. The first-order valence-corrected chi connectivity index (χ1v) is 8.93. The smallest absolute Gasteiger partial charge is 0.259 e. The van der Waals surface area contributed by atoms with Crippen molar-refractivity contribution in [3.8, 4) is 5.75 Å². The highest BCUT2D eigenvalue weighted by atomic mass is 35.5. The van der Waals surface area contributed by atoms with Crippen molar-refractivity contribution in [2.24, 2.45) is 0 Å². The summed E-state index contributed by atoms with van der Waals surface area (Å²) < 4.78 is 5.24. The highest BCUT2D eigenvalue weighted by Crippen LogP contribution is 2.29. The lowest BCUT2D eigenvalue weighted by atomic mass is 10.1. The average molecular weight is 373 g/mol. The zero-order valence-electron chi connectivity index (χ0n) is 14.8. The van der Waals surface area contributed by atoms with Crippen LogP contribution in [0.2, 0.25) is 5.02 Å². The van der Waals surface area contributed by atoms with Crippen LogP contribution in [-0.4, -0.2) is 25.5 Å². The number of carbonyl (C=O) groups excluding carboxylic acids is 2. The van der Waals surface area contributed by atoms with Gasteiger partial charge in [0.15, 0.2) is 0 Å². The number of benzene rings is 2. The number of anilines is 2. The van der Waals surface area contributed by atoms with E-state index in [1.54, 1.807) is 23.1 Å². The number of amides is 2. The van der Waals surface area contributed by atoms with E-state index in [1.165, 1.54) is 7.11 Å². The van der Waals surface area contributed by atoms with Gasteiger partial charge in [-0.2, -0.15) is 0 Å². The molecule has 5 nitrogen and oxygen atoms in total. The van der Waals surface area contributed by atoms with Crippen molar-refractivity contribution >= 4 is 34.8 Å². The van der Waals surface area contributed by atoms with Crippen LogP contribution in [-0.2, 0) is 4.79 Å². The zero-order chi connectivity index (χ0) is 18.7. The Bertz CT molecular complexity index is 851. The Labute approximate surface area is 157 Å². The Morgan fingerprint density at radius 2 is 2.00 bits per heavy atom. The number of piperidine rings is 1. The van der Waals surface area contributed by atoms with Crippen LogP contribution in [0.25, 0.3) is 0 Å². The van der Waals surface area contributed by atoms with Crippen LogP contribution in [0.15, 0.2) is 36.4 Å². The minimum atomic E-state index is -0.316. The fourth-order valence-electron chi connectivity index (χ4n) is 3.09. The van der Waals surface area contributed by atoms with E-state index in [9.17, 15) is 9.59 Å². The van der Waals surface area contributed by atoms with E-state index in [4.69, 9.17) is 16.3 Å². The molecule has 1 heterocycles. The summed E-state index contributed by atoms with van der Waals surface area (Å²) in [6, 6.07) is 10.5. The lowest BCUT2D eigenvalue weighted by molar-refractivity contribution is -0.119. The maximum Gasteiger partial charge on any atom is 0.259 e. The summed E-state index contributed by atoms with van der Waals surface area (Å²) in [5, 5.41) is 3.32. The van der Waals surface area contributed by atoms with Gasteiger partial charge >= 0.3 is 0 Å². The Kier molecular flexibility index (Phi) is 5.47. The molecule has 0 saturated carbocycles. The Morgan fingerprint density at radius 3 is 2.73 bits per heavy atom. The number of nitrogens with zero attached hydrogens (tertiary/aromatic N) is 1. The van der Waals surface area contributed by atoms with Crippen molar-refractivity contribution in [1.29, 1.82) is 0 Å². The number of halogens is 1. The summed E-state index contributed by atoms with van der Waals surface area (Å²) in [6.07, 6.45) is 2.48. The number of ether oxygens (including phenoxy) is 1. The summed E-state index contributed by atoms with van der Waals surface area (Å²) in [5.41, 5.74) is 2.82. The number of aryl methyl sites for hydroxylation is 1. The first kappa shape index (κ1) is 18.3. The predicted octanol–water partition coefficient (Wildman–Crippen LogP) is 4.43. The van der Waals surface area contributed by atoms with Crippen LogP contribution in [0.1, 0.15) is 35.2 Å². The molecule has 1 N–H and O–H groups in total. The van der Waals surface area contributed by atoms with Crippen molar-refractivity contribution in [3.05, 3.63) is 52.5 Å². The molecule has 1 aliphatic rings. The summed E-state index contributed by atoms with van der Waals surface area (Å²) in [6.45, 7) is 2.67. The molecule has 0 unspecified atom stereocenters. The Hall–Kier alpha value is -2.53. The number of carbonyl (C=O) groups is 2. The number of rotatable bonds is 4. The van der Waals surface area contributed by atoms with Crippen molar-refractivity contribution in [2.75, 3.05) is 23.9 Å². The van der Waals surface area contributed by atoms with Gasteiger partial charge in [0.25, 0.3) is 5.91 Å². The summed E-state index contributed by atoms with van der Waals surface area (Å²) in [4.78, 5) is 26.7. The summed E-state index contributed by atoms with van der Waals surface area (Å²) >= 11 is 6.00. The fourth-order valence-corrected chi connectivity index (χ4v) is 3.27. The molecular weight excluding hydrogens is 352 g/mol. The molecular formula is C20H21ClN2O3. The third-order valence-electron chi connectivity index (χ3n) is 4.49. The molecule has 2 amide bonds. The second kappa shape index (κ2) is 7.79. The average Bonchev–Trinajstić information content (AvgIpc) is 2.64. The highest BCUT2D eigenvalue weighted by molar-refractivity contribution is 6.31. The minimum absolute atomic E-state index is 0.124. The minimum Gasteiger partial charge on any atom is -0.496 e. The van der Waals surface area contributed by atoms with Gasteiger partial charge in [0.1, 0.15) is 5.75 Å². The summed E-state index contributed by atoms with van der Waals surface area (Å²) in [7, 11) is 1.51. The topological polar surface area (TPSA) is 58.6 Å². The SMILES string of the molecule is COc1ccc(Cl)cc1C(=O)Nc1ccc(C)c(N2CCCCC2=O)c1. The zero-order valence-corrected chi connectivity index (χ0v) is 15.6. The first-order chi connectivity index (χ1) is 12.5. The van der Waals surface area contributed by atoms with Gasteiger partial charge in [0.05, 0.1) is 12.7 Å². The quantitative estimate of drug-likeness (QED) is 0.863. The van der Waals surface area contributed by atoms with Gasteiger partial charge in [-0.25, -0.2) is 0 Å². The first-order valence-electron chi connectivity index (χ1n) is 8.55. The van der Waals surface area contributed by atoms with Gasteiger partial charge in [-0.05, 0) is 55.7 Å². The lowest BCUT2D eigenvalue weighted by Gasteiger charge is -2.28. The predicted molar refractivity (Wildman–Crippen MR) is 103 cm³/mol. The third-order valence-corrected chi connectivity index (χ3v) is 4.72. The van der Waals surface area contributed by atoms with E-state index in [1.807, 2.05) is 25.1 Å². The van der Waals surface area contributed by atoms with E-state index in [-0.39, 0.29) is 11.8 Å². The molecule has 1 aliphatic heterocycles. The Morgan fingerprint density at radius 1 is 1.19 bits per heavy atom. The largest absolute Gasteiger partial charge is 0.496 e. The van der Waals surface area contributed by atoms with Crippen LogP contribution in [0.4, 0.5) is 11.4 Å². The normalized spacial score (nSPS) is 14.3. The molecule has 1 fully saturated rings. The lowest BCUT2D eigenvalue weighted by Crippen LogP contribution is -2.35. The van der Waals surface area contributed by atoms with E-state index in [0.717, 1.165) is 24.1 Å². The molecule has 0 atom stereocenters. The van der Waals surface area contributed by atoms with E-state index in [0.29, 0.717) is 35.0 Å². The third kappa shape index (κ3) is 3.83. The van der Waals surface area contributed by atoms with Crippen LogP contribution >= 0.6 is 11.6 Å². The van der Waals surface area contributed by atoms with Crippen LogP contribution < -0.4 is 15.0 Å². The van der Waals surface area contributed by atoms with Crippen molar-refractivity contribution in [1.82, 2.24) is 0 Å². The molecule has 2 aromatic rings. The van der Waals surface area contributed by atoms with Gasteiger partial charge in [-0.3, -0.25) is 9.59 Å². The number of nitrogens with one attached hydrogen (secondary N) is 1. The fraction of sp³-hybridized carbons (Fsp3) is 0.300. The standard InChI is InChI=1S/C20H21ClN2O3/c1-13-6-8-15(12-17(13)23-10-4-3-5-19(23)24)22-20(25)16-11-14(21)7-9-18(16)26-2/h6-9,11-12H,3-5,10H2,1-2H3,(H,22,25). The van der Waals surface area contributed by atoms with Crippen molar-refractivity contribution in [3.63, 3.8) is 0 Å². The second-order valence-corrected chi connectivity index (χ2v) is 6.74. The molecule has 0 radical (unpaired) electrons. The molecule has 0 spiro atoms. The van der Waals surface area contributed by atoms with Crippen molar-refractivity contribution < 1.29 is 14.3 Å². The van der Waals surface area contributed by atoms with Crippen LogP contribution in [0.3, 0.4) is 0 Å². The van der Waals surface area contributed by atoms with Gasteiger partial charge in [0, 0.05) is 29.4 Å². The van der Waals surface area contributed by atoms with E-state index < -0.39 is 0 Å². The van der Waals surface area contributed by atoms with E-state index in [2.05, 4.69) is 5.32 Å². The monoisotopic (exact) mass is 372 g/mol. The maximum absolute atomic E-state index is 12.7. The second-order valence-electron chi connectivity index (χ2n) is 6.30. The molecule has 136 valence electrons. The van der Waals surface area contributed by atoms with Crippen molar-refractivity contribution in [2.45, 2.75) is 26.2 Å². The van der Waals surface area contributed by atoms with E-state index >= 15 is 0 Å². The van der Waals surface area contributed by atoms with Crippen LogP contribution in [0.5, 0.6) is 5.75 Å². The van der Waals surface area contributed by atoms with Gasteiger partial charge in [0.2, 0.25) is 5.91 Å². The van der Waals surface area contributed by atoms with Gasteiger partial charge in [-0.1, -0.05) is 17.7 Å². The number of methoxy groups -OCH3 is 1. The van der Waals surface area contributed by atoms with Gasteiger partial charge < -0.3 is 15.0 Å². The maximum atomic E-state index is 12.7. The molecule has 26 heavy (non-hydrogen) atoms. The molecule has 1 saturated heterocycles. The number of hydrogen-bond acceptors (Lipinski definition) is 3. The highest BCUT2D eigenvalue weighted by Gasteiger charge is 2.22. The van der Waals surface area contributed by atoms with Crippen LogP contribution in [0, 0.1) is 6.92 Å². The molecule has 0 aliphatic carbocycles. The molecule has 2 aromatic carbocycles. The number of hydrogen-bond donors (Lipinski definition) is 1. The molecule has 0 aromatic heterocycles. The Balaban J connectivity index is 1.87. The summed E-state index contributed by atoms with van der Waals surface area (Å²) in [5.74, 6) is 0.258. The molecule has 3 rings (SSSR count). The van der Waals surface area contributed by atoms with Gasteiger partial charge in [-0.15, -0.1) is 0 Å².